The van der Waals surface area contributed by atoms with Crippen LogP contribution in [0.3, 0.4) is 0 Å². The number of rotatable bonds is 6. The number of nitrogens with one attached hydrogen (secondary N) is 1. The largest absolute Gasteiger partial charge is 0.356 e. The third-order valence-corrected chi connectivity index (χ3v) is 2.62. The predicted octanol–water partition coefficient (Wildman–Crippen LogP) is 2.34. The molecule has 6 heteroatoms. The second-order valence-corrected chi connectivity index (χ2v) is 4.26. The zero-order chi connectivity index (χ0) is 15.1. The Hall–Kier alpha value is -2.50. The summed E-state index contributed by atoms with van der Waals surface area (Å²) in [6.45, 7) is 3.27. The minimum Gasteiger partial charge on any atom is -0.356 e. The number of nitro groups is 1. The molecule has 0 saturated heterocycles. The van der Waals surface area contributed by atoms with Gasteiger partial charge in [-0.3, -0.25) is 19.7 Å². The van der Waals surface area contributed by atoms with Crippen LogP contribution in [0.2, 0.25) is 0 Å². The SMILES string of the molecule is CC(=O)NCCC=Cc1ccc(C(C)=O)cc1[N+](=O)[O-]. The van der Waals surface area contributed by atoms with Gasteiger partial charge in [0.2, 0.25) is 5.91 Å². The van der Waals surface area contributed by atoms with Gasteiger partial charge in [-0.05, 0) is 19.4 Å². The molecule has 1 amide bonds. The van der Waals surface area contributed by atoms with E-state index >= 15 is 0 Å². The molecule has 0 fully saturated rings. The summed E-state index contributed by atoms with van der Waals surface area (Å²) in [5.74, 6) is -0.329. The lowest BCUT2D eigenvalue weighted by Gasteiger charge is -2.01. The molecule has 0 saturated carbocycles. The van der Waals surface area contributed by atoms with E-state index in [0.717, 1.165) is 0 Å². The third-order valence-electron chi connectivity index (χ3n) is 2.62. The van der Waals surface area contributed by atoms with Gasteiger partial charge in [0, 0.05) is 25.1 Å². The molecule has 6 nitrogen and oxygen atoms in total. The summed E-state index contributed by atoms with van der Waals surface area (Å²) in [6.07, 6.45) is 3.93. The van der Waals surface area contributed by atoms with Crippen LogP contribution in [0.4, 0.5) is 5.69 Å². The van der Waals surface area contributed by atoms with E-state index in [4.69, 9.17) is 0 Å². The van der Waals surface area contributed by atoms with Gasteiger partial charge >= 0.3 is 0 Å². The van der Waals surface area contributed by atoms with E-state index in [2.05, 4.69) is 5.32 Å². The Bertz CT molecular complexity index is 564. The quantitative estimate of drug-likeness (QED) is 0.374. The van der Waals surface area contributed by atoms with Gasteiger partial charge in [-0.15, -0.1) is 0 Å². The van der Waals surface area contributed by atoms with Gasteiger partial charge in [0.15, 0.2) is 5.78 Å². The number of ketones is 1. The van der Waals surface area contributed by atoms with Crippen molar-refractivity contribution < 1.29 is 14.5 Å². The van der Waals surface area contributed by atoms with Crippen LogP contribution in [0.5, 0.6) is 0 Å². The summed E-state index contributed by atoms with van der Waals surface area (Å²) < 4.78 is 0. The van der Waals surface area contributed by atoms with Gasteiger partial charge in [-0.2, -0.15) is 0 Å². The van der Waals surface area contributed by atoms with Crippen molar-refractivity contribution in [3.63, 3.8) is 0 Å². The van der Waals surface area contributed by atoms with Crippen LogP contribution in [0.1, 0.15) is 36.2 Å². The summed E-state index contributed by atoms with van der Waals surface area (Å²) in [5, 5.41) is 13.6. The highest BCUT2D eigenvalue weighted by Crippen LogP contribution is 2.22. The van der Waals surface area contributed by atoms with Gasteiger partial charge in [-0.25, -0.2) is 0 Å². The fraction of sp³-hybridized carbons (Fsp3) is 0.286. The first-order valence-electron chi connectivity index (χ1n) is 6.12. The number of benzene rings is 1. The molecule has 0 spiro atoms. The second-order valence-electron chi connectivity index (χ2n) is 4.26. The fourth-order valence-corrected chi connectivity index (χ4v) is 1.60. The van der Waals surface area contributed by atoms with Crippen molar-refractivity contribution in [1.82, 2.24) is 5.32 Å². The zero-order valence-electron chi connectivity index (χ0n) is 11.4. The zero-order valence-corrected chi connectivity index (χ0v) is 11.4. The van der Waals surface area contributed by atoms with Crippen LogP contribution in [-0.4, -0.2) is 23.2 Å². The number of nitro benzene ring substituents is 1. The molecule has 1 N–H and O–H groups in total. The molecule has 1 aromatic rings. The van der Waals surface area contributed by atoms with E-state index in [0.29, 0.717) is 24.1 Å². The van der Waals surface area contributed by atoms with E-state index in [-0.39, 0.29) is 17.4 Å². The summed E-state index contributed by atoms with van der Waals surface area (Å²) in [5.41, 5.74) is 0.642. The standard InChI is InChI=1S/C14H16N2O4/c1-10(17)13-7-6-12(14(9-13)16(19)20)5-3-4-8-15-11(2)18/h3,5-7,9H,4,8H2,1-2H3,(H,15,18). The molecule has 1 aromatic carbocycles. The molecule has 0 heterocycles. The molecular weight excluding hydrogens is 260 g/mol. The molecule has 0 aliphatic heterocycles. The first kappa shape index (κ1) is 15.6. The van der Waals surface area contributed by atoms with Crippen LogP contribution in [0, 0.1) is 10.1 Å². The highest BCUT2D eigenvalue weighted by atomic mass is 16.6. The Labute approximate surface area is 116 Å². The Morgan fingerprint density at radius 1 is 1.35 bits per heavy atom. The summed E-state index contributed by atoms with van der Waals surface area (Å²) >= 11 is 0. The molecule has 0 radical (unpaired) electrons. The van der Waals surface area contributed by atoms with Crippen LogP contribution < -0.4 is 5.32 Å². The van der Waals surface area contributed by atoms with Crippen molar-refractivity contribution in [1.29, 1.82) is 0 Å². The van der Waals surface area contributed by atoms with Gasteiger partial charge < -0.3 is 5.32 Å². The Balaban J connectivity index is 2.84. The number of hydrogen-bond acceptors (Lipinski definition) is 4. The maximum absolute atomic E-state index is 11.2. The van der Waals surface area contributed by atoms with Crippen molar-refractivity contribution in [3.8, 4) is 0 Å². The van der Waals surface area contributed by atoms with E-state index in [9.17, 15) is 19.7 Å². The van der Waals surface area contributed by atoms with Crippen LogP contribution in [0.25, 0.3) is 6.08 Å². The van der Waals surface area contributed by atoms with Crippen LogP contribution in [0.15, 0.2) is 24.3 Å². The lowest BCUT2D eigenvalue weighted by atomic mass is 10.1. The lowest BCUT2D eigenvalue weighted by Crippen LogP contribution is -2.20. The number of nitrogens with zero attached hydrogens (tertiary/aromatic N) is 1. The predicted molar refractivity (Wildman–Crippen MR) is 75.4 cm³/mol. The van der Waals surface area contributed by atoms with Crippen LogP contribution in [-0.2, 0) is 4.79 Å². The molecule has 0 atom stereocenters. The topological polar surface area (TPSA) is 89.3 Å². The van der Waals surface area contributed by atoms with Crippen molar-refractivity contribution >= 4 is 23.5 Å². The van der Waals surface area contributed by atoms with Crippen molar-refractivity contribution in [2.75, 3.05) is 6.54 Å². The fourth-order valence-electron chi connectivity index (χ4n) is 1.60. The van der Waals surface area contributed by atoms with Crippen LogP contribution >= 0.6 is 0 Å². The molecule has 0 aliphatic rings. The molecule has 0 bridgehead atoms. The first-order valence-corrected chi connectivity index (χ1v) is 6.12. The third kappa shape index (κ3) is 4.64. The van der Waals surface area contributed by atoms with Crippen molar-refractivity contribution in [3.05, 3.63) is 45.5 Å². The number of Topliss-reactive ketones (excluding diaryl/α,β-unsaturated/α-hetero) is 1. The molecular formula is C14H16N2O4. The van der Waals surface area contributed by atoms with Gasteiger partial charge in [0.05, 0.1) is 10.5 Å². The average Bonchev–Trinajstić information content (AvgIpc) is 2.37. The number of carbonyl (C=O) groups excluding carboxylic acids is 2. The van der Waals surface area contributed by atoms with Crippen molar-refractivity contribution in [2.24, 2.45) is 0 Å². The lowest BCUT2D eigenvalue weighted by molar-refractivity contribution is -0.385. The average molecular weight is 276 g/mol. The Kier molecular flexibility index (Phi) is 5.58. The smallest absolute Gasteiger partial charge is 0.277 e. The number of hydrogen-bond donors (Lipinski definition) is 1. The summed E-state index contributed by atoms with van der Waals surface area (Å²) in [6, 6.07) is 4.38. The highest BCUT2D eigenvalue weighted by molar-refractivity contribution is 5.95. The second kappa shape index (κ2) is 7.18. The molecule has 1 rings (SSSR count). The minimum absolute atomic E-state index is 0.103. The van der Waals surface area contributed by atoms with E-state index in [1.807, 2.05) is 0 Å². The highest BCUT2D eigenvalue weighted by Gasteiger charge is 2.13. The molecule has 20 heavy (non-hydrogen) atoms. The van der Waals surface area contributed by atoms with Gasteiger partial charge in [-0.1, -0.05) is 18.2 Å². The van der Waals surface area contributed by atoms with E-state index in [1.54, 1.807) is 24.3 Å². The monoisotopic (exact) mass is 276 g/mol. The van der Waals surface area contributed by atoms with E-state index in [1.165, 1.54) is 19.9 Å². The maximum Gasteiger partial charge on any atom is 0.277 e. The number of carbonyl (C=O) groups is 2. The summed E-state index contributed by atoms with van der Waals surface area (Å²) in [4.78, 5) is 32.3. The van der Waals surface area contributed by atoms with Gasteiger partial charge in [0.25, 0.3) is 5.69 Å². The Morgan fingerprint density at radius 3 is 2.60 bits per heavy atom. The van der Waals surface area contributed by atoms with Crippen molar-refractivity contribution in [2.45, 2.75) is 20.3 Å². The van der Waals surface area contributed by atoms with E-state index < -0.39 is 4.92 Å². The first-order chi connectivity index (χ1) is 9.41. The molecule has 0 aromatic heterocycles. The number of amides is 1. The molecule has 0 unspecified atom stereocenters. The molecule has 0 aliphatic carbocycles. The van der Waals surface area contributed by atoms with Gasteiger partial charge in [0.1, 0.15) is 0 Å². The minimum atomic E-state index is -0.514. The maximum atomic E-state index is 11.2. The Morgan fingerprint density at radius 2 is 2.05 bits per heavy atom. The summed E-state index contributed by atoms with van der Waals surface area (Å²) in [7, 11) is 0. The molecule has 106 valence electrons. The normalized spacial score (nSPS) is 10.5.